The van der Waals surface area contributed by atoms with Crippen molar-refractivity contribution in [2.45, 2.75) is 18.9 Å². The highest BCUT2D eigenvalue weighted by atomic mass is 19.1. The van der Waals surface area contributed by atoms with Crippen LogP contribution in [0, 0.1) is 5.82 Å². The van der Waals surface area contributed by atoms with Crippen molar-refractivity contribution in [3.8, 4) is 0 Å². The molecule has 0 aromatic heterocycles. The lowest BCUT2D eigenvalue weighted by molar-refractivity contribution is -0.126. The molecule has 26 heavy (non-hydrogen) atoms. The van der Waals surface area contributed by atoms with E-state index in [1.165, 1.54) is 11.6 Å². The fraction of sp³-hybridized carbons (Fsp3) is 0.381. The van der Waals surface area contributed by atoms with Crippen molar-refractivity contribution < 1.29 is 13.9 Å². The number of nitrogens with zero attached hydrogens (tertiary/aromatic N) is 2. The van der Waals surface area contributed by atoms with Crippen molar-refractivity contribution in [1.29, 1.82) is 0 Å². The molecule has 1 fully saturated rings. The molecule has 2 heterocycles. The molecule has 0 unspecified atom stereocenters. The van der Waals surface area contributed by atoms with E-state index in [0.717, 1.165) is 18.5 Å². The number of morpholine rings is 1. The van der Waals surface area contributed by atoms with Crippen LogP contribution in [0.5, 0.6) is 0 Å². The van der Waals surface area contributed by atoms with E-state index < -0.39 is 6.04 Å². The van der Waals surface area contributed by atoms with Crippen LogP contribution in [0.15, 0.2) is 48.5 Å². The summed E-state index contributed by atoms with van der Waals surface area (Å²) in [6.07, 6.45) is 1.90. The number of carbonyl (C=O) groups is 1. The summed E-state index contributed by atoms with van der Waals surface area (Å²) in [6, 6.07) is 14.0. The van der Waals surface area contributed by atoms with Crippen LogP contribution >= 0.6 is 0 Å². The van der Waals surface area contributed by atoms with Gasteiger partial charge in [0.15, 0.2) is 0 Å². The van der Waals surface area contributed by atoms with E-state index in [9.17, 15) is 9.18 Å². The van der Waals surface area contributed by atoms with Crippen molar-refractivity contribution in [1.82, 2.24) is 4.90 Å². The summed E-state index contributed by atoms with van der Waals surface area (Å²) in [5, 5.41) is 0. The molecule has 0 spiro atoms. The van der Waals surface area contributed by atoms with E-state index in [0.29, 0.717) is 38.4 Å². The number of halogens is 1. The second-order valence-corrected chi connectivity index (χ2v) is 6.79. The Kier molecular flexibility index (Phi) is 5.00. The fourth-order valence-corrected chi connectivity index (χ4v) is 3.93. The first-order valence-electron chi connectivity index (χ1n) is 9.21. The van der Waals surface area contributed by atoms with Gasteiger partial charge in [-0.25, -0.2) is 4.39 Å². The Labute approximate surface area is 153 Å². The molecule has 0 radical (unpaired) electrons. The Morgan fingerprint density at radius 2 is 1.73 bits per heavy atom. The van der Waals surface area contributed by atoms with Gasteiger partial charge in [0.05, 0.1) is 13.2 Å². The molecular weight excluding hydrogens is 331 g/mol. The molecule has 136 valence electrons. The highest BCUT2D eigenvalue weighted by Crippen LogP contribution is 2.32. The number of para-hydroxylation sites is 1. The van der Waals surface area contributed by atoms with Crippen LogP contribution in [-0.2, 0) is 16.0 Å². The molecule has 2 aromatic rings. The van der Waals surface area contributed by atoms with Gasteiger partial charge in [0.2, 0.25) is 5.91 Å². The van der Waals surface area contributed by atoms with Crippen LogP contribution in [-0.4, -0.2) is 43.7 Å². The molecule has 0 bridgehead atoms. The number of aryl methyl sites for hydroxylation is 1. The maximum atomic E-state index is 14.6. The number of ether oxygens (including phenoxy) is 1. The molecule has 4 rings (SSSR count). The van der Waals surface area contributed by atoms with Crippen molar-refractivity contribution >= 4 is 11.6 Å². The zero-order valence-corrected chi connectivity index (χ0v) is 14.7. The Morgan fingerprint density at radius 1 is 1.00 bits per heavy atom. The molecule has 1 amide bonds. The number of fused-ring (bicyclic) bond motifs is 1. The number of amides is 1. The third-order valence-corrected chi connectivity index (χ3v) is 5.22. The van der Waals surface area contributed by atoms with Crippen LogP contribution in [0.1, 0.15) is 23.6 Å². The minimum atomic E-state index is -0.619. The van der Waals surface area contributed by atoms with Gasteiger partial charge in [-0.2, -0.15) is 0 Å². The molecule has 2 aliphatic heterocycles. The molecule has 2 aliphatic rings. The average Bonchev–Trinajstić information content (AvgIpc) is 2.70. The van der Waals surface area contributed by atoms with Gasteiger partial charge in [0, 0.05) is 30.9 Å². The smallest absolute Gasteiger partial charge is 0.249 e. The molecule has 5 heteroatoms. The topological polar surface area (TPSA) is 32.8 Å². The van der Waals surface area contributed by atoms with Crippen LogP contribution in [0.25, 0.3) is 0 Å². The van der Waals surface area contributed by atoms with Gasteiger partial charge in [-0.15, -0.1) is 0 Å². The third kappa shape index (κ3) is 3.24. The van der Waals surface area contributed by atoms with E-state index in [2.05, 4.69) is 6.07 Å². The number of carbonyl (C=O) groups excluding carboxylic acids is 1. The zero-order valence-electron chi connectivity index (χ0n) is 14.7. The predicted molar refractivity (Wildman–Crippen MR) is 98.6 cm³/mol. The second-order valence-electron chi connectivity index (χ2n) is 6.79. The van der Waals surface area contributed by atoms with Gasteiger partial charge in [0.1, 0.15) is 11.9 Å². The highest BCUT2D eigenvalue weighted by molar-refractivity contribution is 5.98. The standard InChI is InChI=1S/C21H23FN2O2/c22-18-9-3-2-8-17(18)20(23-12-14-26-15-13-23)21(25)24-11-5-7-16-6-1-4-10-19(16)24/h1-4,6,8-10,20H,5,7,11-15H2/t20-/m0/s1. The number of benzene rings is 2. The SMILES string of the molecule is O=C([C@H](c1ccccc1F)N1CCOCC1)N1CCCc2ccccc21. The second kappa shape index (κ2) is 7.56. The van der Waals surface area contributed by atoms with Crippen LogP contribution < -0.4 is 4.90 Å². The Balaban J connectivity index is 1.72. The number of hydrogen-bond donors (Lipinski definition) is 0. The Hall–Kier alpha value is -2.24. The van der Waals surface area contributed by atoms with Gasteiger partial charge >= 0.3 is 0 Å². The molecule has 0 N–H and O–H groups in total. The van der Waals surface area contributed by atoms with E-state index in [1.807, 2.05) is 28.0 Å². The summed E-state index contributed by atoms with van der Waals surface area (Å²) < 4.78 is 20.0. The molecule has 1 atom stereocenters. The number of hydrogen-bond acceptors (Lipinski definition) is 3. The fourth-order valence-electron chi connectivity index (χ4n) is 3.93. The minimum Gasteiger partial charge on any atom is -0.379 e. The molecule has 4 nitrogen and oxygen atoms in total. The summed E-state index contributed by atoms with van der Waals surface area (Å²) in [6.45, 7) is 3.05. The maximum Gasteiger partial charge on any atom is 0.249 e. The first-order valence-corrected chi connectivity index (χ1v) is 9.21. The van der Waals surface area contributed by atoms with E-state index in [1.54, 1.807) is 18.2 Å². The minimum absolute atomic E-state index is 0.0517. The monoisotopic (exact) mass is 354 g/mol. The van der Waals surface area contributed by atoms with E-state index in [-0.39, 0.29) is 11.7 Å². The molecule has 0 saturated carbocycles. The Bertz CT molecular complexity index is 789. The summed E-state index contributed by atoms with van der Waals surface area (Å²) in [4.78, 5) is 17.5. The molecule has 0 aliphatic carbocycles. The molecule has 1 saturated heterocycles. The average molecular weight is 354 g/mol. The lowest BCUT2D eigenvalue weighted by Gasteiger charge is -2.38. The molecule has 2 aromatic carbocycles. The predicted octanol–water partition coefficient (Wildman–Crippen LogP) is 3.18. The summed E-state index contributed by atoms with van der Waals surface area (Å²) in [7, 11) is 0. The van der Waals surface area contributed by atoms with Crippen LogP contribution in [0.2, 0.25) is 0 Å². The Morgan fingerprint density at radius 3 is 2.54 bits per heavy atom. The highest BCUT2D eigenvalue weighted by Gasteiger charge is 2.35. The van der Waals surface area contributed by atoms with Crippen LogP contribution in [0.4, 0.5) is 10.1 Å². The van der Waals surface area contributed by atoms with Gasteiger partial charge in [-0.1, -0.05) is 36.4 Å². The first-order chi connectivity index (χ1) is 12.8. The van der Waals surface area contributed by atoms with Crippen molar-refractivity contribution in [2.75, 3.05) is 37.7 Å². The van der Waals surface area contributed by atoms with Gasteiger partial charge in [-0.3, -0.25) is 9.69 Å². The van der Waals surface area contributed by atoms with Crippen molar-refractivity contribution in [3.63, 3.8) is 0 Å². The van der Waals surface area contributed by atoms with Gasteiger partial charge in [0.25, 0.3) is 0 Å². The van der Waals surface area contributed by atoms with Crippen molar-refractivity contribution in [2.24, 2.45) is 0 Å². The number of anilines is 1. The van der Waals surface area contributed by atoms with E-state index >= 15 is 0 Å². The quantitative estimate of drug-likeness (QED) is 0.849. The lowest BCUT2D eigenvalue weighted by atomic mass is 9.98. The van der Waals surface area contributed by atoms with Gasteiger partial charge < -0.3 is 9.64 Å². The molecular formula is C21H23FN2O2. The van der Waals surface area contributed by atoms with Crippen molar-refractivity contribution in [3.05, 3.63) is 65.5 Å². The summed E-state index contributed by atoms with van der Waals surface area (Å²) in [5.41, 5.74) is 2.59. The first kappa shape index (κ1) is 17.2. The number of rotatable bonds is 3. The maximum absolute atomic E-state index is 14.6. The summed E-state index contributed by atoms with van der Waals surface area (Å²) >= 11 is 0. The lowest BCUT2D eigenvalue weighted by Crippen LogP contribution is -2.48. The van der Waals surface area contributed by atoms with Gasteiger partial charge in [-0.05, 0) is 30.5 Å². The van der Waals surface area contributed by atoms with E-state index in [4.69, 9.17) is 4.74 Å². The third-order valence-electron chi connectivity index (χ3n) is 5.22. The summed E-state index contributed by atoms with van der Waals surface area (Å²) in [5.74, 6) is -0.383. The largest absolute Gasteiger partial charge is 0.379 e. The van der Waals surface area contributed by atoms with Crippen LogP contribution in [0.3, 0.4) is 0 Å². The normalized spacial score (nSPS) is 19.0. The zero-order chi connectivity index (χ0) is 17.9.